The Morgan fingerprint density at radius 1 is 1.71 bits per heavy atom. The van der Waals surface area contributed by atoms with Gasteiger partial charge in [-0.2, -0.15) is 0 Å². The van der Waals surface area contributed by atoms with Crippen LogP contribution < -0.4 is 0 Å². The van der Waals surface area contributed by atoms with Crippen LogP contribution in [0.1, 0.15) is 5.69 Å². The highest BCUT2D eigenvalue weighted by Gasteiger charge is 2.06. The Bertz CT molecular complexity index is 350. The van der Waals surface area contributed by atoms with Gasteiger partial charge in [-0.05, 0) is 18.3 Å². The molecule has 0 N–H and O–H groups in total. The van der Waals surface area contributed by atoms with Crippen molar-refractivity contribution in [3.63, 3.8) is 0 Å². The lowest BCUT2D eigenvalue weighted by atomic mass is 10.3. The van der Waals surface area contributed by atoms with Gasteiger partial charge in [-0.25, -0.2) is 0 Å². The van der Waals surface area contributed by atoms with Gasteiger partial charge in [-0.3, -0.25) is 15.1 Å². The number of methoxy groups -OCH3 is 1. The summed E-state index contributed by atoms with van der Waals surface area (Å²) in [7, 11) is 1.48. The Kier molecular flexibility index (Phi) is 3.47. The second kappa shape index (κ2) is 4.61. The van der Waals surface area contributed by atoms with E-state index in [4.69, 9.17) is 17.0 Å². The Balaban J connectivity index is 2.73. The van der Waals surface area contributed by atoms with Gasteiger partial charge in [-0.1, -0.05) is 0 Å². The van der Waals surface area contributed by atoms with Crippen LogP contribution in [0.25, 0.3) is 0 Å². The fourth-order valence-electron chi connectivity index (χ4n) is 0.849. The van der Waals surface area contributed by atoms with E-state index < -0.39 is 4.92 Å². The molecule has 0 bridgehead atoms. The van der Waals surface area contributed by atoms with Gasteiger partial charge >= 0.3 is 0 Å². The molecule has 1 heterocycles. The summed E-state index contributed by atoms with van der Waals surface area (Å²) < 4.78 is 4.79. The monoisotopic (exact) mass is 212 g/mol. The standard InChI is InChI=1S/C8H8N2O3S/c1-13-8(14)4-6-2-3-7(5-9-6)10(11)12/h2-3,5H,4H2,1H3. The third-order valence-corrected chi connectivity index (χ3v) is 1.88. The molecule has 1 rings (SSSR count). The molecule has 0 atom stereocenters. The summed E-state index contributed by atoms with van der Waals surface area (Å²) in [5, 5.41) is 10.7. The Labute approximate surface area is 85.9 Å². The number of thiocarbonyl (C=S) groups is 1. The summed E-state index contributed by atoms with van der Waals surface area (Å²) in [5.41, 5.74) is 0.625. The maximum absolute atomic E-state index is 10.3. The first-order chi connectivity index (χ1) is 6.63. The molecule has 6 heteroatoms. The van der Waals surface area contributed by atoms with Gasteiger partial charge in [0.15, 0.2) is 5.05 Å². The van der Waals surface area contributed by atoms with Gasteiger partial charge in [0.25, 0.3) is 5.69 Å². The van der Waals surface area contributed by atoms with Crippen LogP contribution in [0.5, 0.6) is 0 Å². The topological polar surface area (TPSA) is 65.3 Å². The molecule has 0 spiro atoms. The first kappa shape index (κ1) is 10.5. The molecule has 0 fully saturated rings. The van der Waals surface area contributed by atoms with E-state index in [1.807, 2.05) is 0 Å². The average molecular weight is 212 g/mol. The maximum atomic E-state index is 10.3. The fourth-order valence-corrected chi connectivity index (χ4v) is 0.997. The lowest BCUT2D eigenvalue weighted by molar-refractivity contribution is -0.385. The largest absolute Gasteiger partial charge is 0.490 e. The Morgan fingerprint density at radius 3 is 2.86 bits per heavy atom. The Hall–Kier alpha value is -1.56. The predicted molar refractivity (Wildman–Crippen MR) is 54.2 cm³/mol. The molecule has 5 nitrogen and oxygen atoms in total. The highest BCUT2D eigenvalue weighted by atomic mass is 32.1. The van der Waals surface area contributed by atoms with E-state index >= 15 is 0 Å². The van der Waals surface area contributed by atoms with Crippen LogP contribution in [-0.4, -0.2) is 22.1 Å². The van der Waals surface area contributed by atoms with Gasteiger partial charge in [0.2, 0.25) is 0 Å². The van der Waals surface area contributed by atoms with E-state index in [0.717, 1.165) is 0 Å². The second-order valence-corrected chi connectivity index (χ2v) is 2.97. The SMILES string of the molecule is COC(=S)Cc1ccc([N+](=O)[O-])cn1. The summed E-state index contributed by atoms with van der Waals surface area (Å²) in [4.78, 5) is 13.7. The summed E-state index contributed by atoms with van der Waals surface area (Å²) in [6.07, 6.45) is 1.59. The van der Waals surface area contributed by atoms with Crippen molar-refractivity contribution in [3.05, 3.63) is 34.1 Å². The van der Waals surface area contributed by atoms with Crippen LogP contribution >= 0.6 is 12.2 Å². The molecule has 0 saturated carbocycles. The molecule has 14 heavy (non-hydrogen) atoms. The molecule has 1 aromatic heterocycles. The third kappa shape index (κ3) is 2.74. The summed E-state index contributed by atoms with van der Waals surface area (Å²) in [6.45, 7) is 0. The number of pyridine rings is 1. The van der Waals surface area contributed by atoms with Gasteiger partial charge in [0, 0.05) is 11.8 Å². The van der Waals surface area contributed by atoms with Gasteiger partial charge in [-0.15, -0.1) is 0 Å². The number of ether oxygens (including phenoxy) is 1. The highest BCUT2D eigenvalue weighted by molar-refractivity contribution is 7.80. The van der Waals surface area contributed by atoms with Crippen LogP contribution in [0, 0.1) is 10.1 Å². The molecule has 0 amide bonds. The van der Waals surface area contributed by atoms with Crippen molar-refractivity contribution >= 4 is 23.0 Å². The minimum atomic E-state index is -0.495. The number of nitrogens with zero attached hydrogens (tertiary/aromatic N) is 2. The summed E-state index contributed by atoms with van der Waals surface area (Å²) in [6, 6.07) is 2.95. The zero-order chi connectivity index (χ0) is 10.6. The number of rotatable bonds is 3. The molecule has 1 aromatic rings. The zero-order valence-corrected chi connectivity index (χ0v) is 8.28. The molecular weight excluding hydrogens is 204 g/mol. The van der Waals surface area contributed by atoms with E-state index in [9.17, 15) is 10.1 Å². The van der Waals surface area contributed by atoms with E-state index in [-0.39, 0.29) is 5.69 Å². The van der Waals surface area contributed by atoms with Crippen molar-refractivity contribution in [2.45, 2.75) is 6.42 Å². The first-order valence-electron chi connectivity index (χ1n) is 3.79. The summed E-state index contributed by atoms with van der Waals surface area (Å²) in [5.74, 6) is 0. The number of hydrogen-bond donors (Lipinski definition) is 0. The molecule has 0 aromatic carbocycles. The van der Waals surface area contributed by atoms with Crippen LogP contribution in [0.4, 0.5) is 5.69 Å². The van der Waals surface area contributed by atoms with Crippen molar-refractivity contribution in [3.8, 4) is 0 Å². The maximum Gasteiger partial charge on any atom is 0.287 e. The van der Waals surface area contributed by atoms with Crippen LogP contribution in [0.2, 0.25) is 0 Å². The smallest absolute Gasteiger partial charge is 0.287 e. The van der Waals surface area contributed by atoms with E-state index in [1.165, 1.54) is 19.4 Å². The number of hydrogen-bond acceptors (Lipinski definition) is 5. The van der Waals surface area contributed by atoms with Crippen molar-refractivity contribution in [1.29, 1.82) is 0 Å². The summed E-state index contributed by atoms with van der Waals surface area (Å²) >= 11 is 4.83. The van der Waals surface area contributed by atoms with Crippen LogP contribution in [-0.2, 0) is 11.2 Å². The molecular formula is C8H8N2O3S. The molecule has 0 radical (unpaired) electrons. The molecule has 0 unspecified atom stereocenters. The average Bonchev–Trinajstić information content (AvgIpc) is 2.18. The van der Waals surface area contributed by atoms with Gasteiger partial charge in [0.05, 0.1) is 18.5 Å². The molecule has 74 valence electrons. The molecule has 0 saturated heterocycles. The van der Waals surface area contributed by atoms with E-state index in [0.29, 0.717) is 17.2 Å². The lowest BCUT2D eigenvalue weighted by Crippen LogP contribution is -2.03. The fraction of sp³-hybridized carbons (Fsp3) is 0.250. The molecule has 0 aliphatic rings. The zero-order valence-electron chi connectivity index (χ0n) is 7.47. The van der Waals surface area contributed by atoms with E-state index in [2.05, 4.69) is 4.98 Å². The van der Waals surface area contributed by atoms with Crippen LogP contribution in [0.15, 0.2) is 18.3 Å². The van der Waals surface area contributed by atoms with Crippen molar-refractivity contribution < 1.29 is 9.66 Å². The number of nitro groups is 1. The second-order valence-electron chi connectivity index (χ2n) is 2.52. The van der Waals surface area contributed by atoms with E-state index in [1.54, 1.807) is 6.07 Å². The highest BCUT2D eigenvalue weighted by Crippen LogP contribution is 2.09. The predicted octanol–water partition coefficient (Wildman–Crippen LogP) is 1.51. The molecule has 0 aliphatic heterocycles. The first-order valence-corrected chi connectivity index (χ1v) is 4.20. The lowest BCUT2D eigenvalue weighted by Gasteiger charge is -2.00. The van der Waals surface area contributed by atoms with Gasteiger partial charge in [0.1, 0.15) is 6.20 Å². The third-order valence-electron chi connectivity index (χ3n) is 1.57. The minimum absolute atomic E-state index is 0.0305. The number of aromatic nitrogens is 1. The Morgan fingerprint density at radius 2 is 2.43 bits per heavy atom. The minimum Gasteiger partial charge on any atom is -0.490 e. The van der Waals surface area contributed by atoms with Gasteiger partial charge < -0.3 is 4.74 Å². The van der Waals surface area contributed by atoms with Crippen molar-refractivity contribution in [2.24, 2.45) is 0 Å². The van der Waals surface area contributed by atoms with Crippen LogP contribution in [0.3, 0.4) is 0 Å². The van der Waals surface area contributed by atoms with Crippen molar-refractivity contribution in [2.75, 3.05) is 7.11 Å². The van der Waals surface area contributed by atoms with Crippen molar-refractivity contribution in [1.82, 2.24) is 4.98 Å². The quantitative estimate of drug-likeness (QED) is 0.431. The normalized spacial score (nSPS) is 9.50. The molecule has 0 aliphatic carbocycles.